The molecule has 35 heavy (non-hydrogen) atoms. The summed E-state index contributed by atoms with van der Waals surface area (Å²) >= 11 is 0. The van der Waals surface area contributed by atoms with Crippen molar-refractivity contribution in [3.8, 4) is 0 Å². The lowest BCUT2D eigenvalue weighted by atomic mass is 9.32. The Morgan fingerprint density at radius 1 is 0.857 bits per heavy atom. The highest BCUT2D eigenvalue weighted by Crippen LogP contribution is 2.77. The van der Waals surface area contributed by atoms with Crippen molar-refractivity contribution < 1.29 is 20.5 Å². The fourth-order valence-electron chi connectivity index (χ4n) is 11.6. The normalized spacial score (nSPS) is 54.5. The first-order chi connectivity index (χ1) is 16.5. The summed E-state index contributed by atoms with van der Waals surface area (Å²) in [7, 11) is 0. The average Bonchev–Trinajstić information content (AvgIpc) is 3.24. The number of nitrogens with zero attached hydrogens (tertiary/aromatic N) is 1. The smallest absolute Gasteiger partial charge is 0.0655 e. The summed E-state index contributed by atoms with van der Waals surface area (Å²) < 4.78 is 0. The molecule has 4 N–H and O–H groups in total. The van der Waals surface area contributed by atoms with E-state index >= 15 is 0 Å². The van der Waals surface area contributed by atoms with Gasteiger partial charge in [-0.3, -0.25) is 0 Å². The third-order valence-corrected chi connectivity index (χ3v) is 13.7. The molecule has 0 bridgehead atoms. The molecule has 0 aliphatic heterocycles. The van der Waals surface area contributed by atoms with Crippen LogP contribution in [0, 0.1) is 56.7 Å². The molecule has 0 amide bonds. The van der Waals surface area contributed by atoms with Crippen LogP contribution < -0.4 is 0 Å². The quantitative estimate of drug-likeness (QED) is 0.242. The summed E-state index contributed by atoms with van der Waals surface area (Å²) in [6.07, 6.45) is 10.7. The first-order valence-corrected chi connectivity index (χ1v) is 14.2. The van der Waals surface area contributed by atoms with Crippen molar-refractivity contribution in [3.63, 3.8) is 0 Å². The van der Waals surface area contributed by atoms with Crippen molar-refractivity contribution in [1.82, 2.24) is 0 Å². The molecule has 0 spiro atoms. The Balaban J connectivity index is 1.55. The molecule has 0 unspecified atom stereocenters. The van der Waals surface area contributed by atoms with Gasteiger partial charge in [0, 0.05) is 12.0 Å². The summed E-state index contributed by atoms with van der Waals surface area (Å²) in [4.78, 5) is 0. The fourth-order valence-corrected chi connectivity index (χ4v) is 11.6. The Hall–Kier alpha value is -0.910. The van der Waals surface area contributed by atoms with E-state index in [-0.39, 0.29) is 41.5 Å². The maximum Gasteiger partial charge on any atom is 0.0655 e. The van der Waals surface area contributed by atoms with E-state index in [0.717, 1.165) is 56.2 Å². The van der Waals surface area contributed by atoms with Gasteiger partial charge in [0.2, 0.25) is 0 Å². The molecule has 5 aliphatic carbocycles. The molecular weight excluding hydrogens is 438 g/mol. The molecule has 5 saturated carbocycles. The van der Waals surface area contributed by atoms with Crippen LogP contribution in [0.4, 0.5) is 0 Å². The molecule has 0 saturated heterocycles. The zero-order valence-corrected chi connectivity index (χ0v) is 22.5. The molecule has 0 aromatic rings. The molecular formula is C30H49NO4. The maximum atomic E-state index is 10.7. The van der Waals surface area contributed by atoms with Crippen molar-refractivity contribution in [3.05, 3.63) is 12.2 Å². The second-order valence-corrected chi connectivity index (χ2v) is 14.3. The SMILES string of the molecule is C=C(CO)[C@@H]1CC[C@]2(CO)CC[C@]3(C)[C@H](CC[C@@H]4[C@@]5(C)CC/C(=N/O)[C@@](C)(CO)[C@@H]5CC[C@]43C)[C@@H]12. The predicted octanol–water partition coefficient (Wildman–Crippen LogP) is 5.41. The van der Waals surface area contributed by atoms with Gasteiger partial charge in [-0.15, -0.1) is 0 Å². The third kappa shape index (κ3) is 3.07. The minimum Gasteiger partial charge on any atom is -0.411 e. The van der Waals surface area contributed by atoms with Crippen LogP contribution in [-0.2, 0) is 0 Å². The van der Waals surface area contributed by atoms with Gasteiger partial charge in [0.05, 0.1) is 18.9 Å². The van der Waals surface area contributed by atoms with Gasteiger partial charge in [-0.05, 0) is 121 Å². The van der Waals surface area contributed by atoms with Crippen molar-refractivity contribution in [2.75, 3.05) is 19.8 Å². The van der Waals surface area contributed by atoms with Crippen LogP contribution in [0.15, 0.2) is 17.3 Å². The lowest BCUT2D eigenvalue weighted by molar-refractivity contribution is -0.233. The van der Waals surface area contributed by atoms with Crippen molar-refractivity contribution in [2.24, 2.45) is 61.8 Å². The van der Waals surface area contributed by atoms with E-state index < -0.39 is 5.41 Å². The second-order valence-electron chi connectivity index (χ2n) is 14.3. The van der Waals surface area contributed by atoms with Crippen LogP contribution in [0.3, 0.4) is 0 Å². The van der Waals surface area contributed by atoms with Gasteiger partial charge in [0.15, 0.2) is 0 Å². The van der Waals surface area contributed by atoms with Crippen molar-refractivity contribution in [2.45, 2.75) is 91.9 Å². The standard InChI is InChI=1S/C30H49NO4/c1-19(16-32)20-8-13-30(18-34)15-14-28(4)21(25(20)30)6-7-23-26(2)11-10-24(31-35)27(3,17-33)22(26)9-12-29(23,28)5/h20-23,25,32-35H,1,6-18H2,2-5H3/b31-24-/t20-,21+,22+,23+,25+,26-,27-,28+,29+,30+/m0/s1. The number of fused-ring (bicyclic) bond motifs is 7. The molecule has 5 rings (SSSR count). The van der Waals surface area contributed by atoms with Crippen LogP contribution in [0.5, 0.6) is 0 Å². The number of rotatable bonds is 4. The van der Waals surface area contributed by atoms with E-state index in [2.05, 4.69) is 39.4 Å². The monoisotopic (exact) mass is 487 g/mol. The summed E-state index contributed by atoms with van der Waals surface area (Å²) in [5, 5.41) is 44.7. The largest absolute Gasteiger partial charge is 0.411 e. The van der Waals surface area contributed by atoms with Gasteiger partial charge in [-0.25, -0.2) is 0 Å². The van der Waals surface area contributed by atoms with Gasteiger partial charge >= 0.3 is 0 Å². The van der Waals surface area contributed by atoms with Crippen LogP contribution in [0.25, 0.3) is 0 Å². The van der Waals surface area contributed by atoms with Gasteiger partial charge in [-0.1, -0.05) is 39.4 Å². The molecule has 5 nitrogen and oxygen atoms in total. The highest BCUT2D eigenvalue weighted by atomic mass is 16.4. The van der Waals surface area contributed by atoms with Gasteiger partial charge in [0.1, 0.15) is 0 Å². The highest BCUT2D eigenvalue weighted by Gasteiger charge is 2.71. The Bertz CT molecular complexity index is 903. The second kappa shape index (κ2) is 8.30. The Kier molecular flexibility index (Phi) is 6.10. The molecule has 0 heterocycles. The average molecular weight is 488 g/mol. The molecule has 5 heteroatoms. The van der Waals surface area contributed by atoms with Gasteiger partial charge in [0.25, 0.3) is 0 Å². The Morgan fingerprint density at radius 2 is 1.60 bits per heavy atom. The van der Waals surface area contributed by atoms with Gasteiger partial charge < -0.3 is 20.5 Å². The summed E-state index contributed by atoms with van der Waals surface area (Å²) in [5.74, 6) is 2.17. The fraction of sp³-hybridized carbons (Fsp3) is 0.900. The minimum atomic E-state index is -0.450. The lowest BCUT2D eigenvalue weighted by Crippen LogP contribution is -2.67. The van der Waals surface area contributed by atoms with E-state index in [1.807, 2.05) is 0 Å². The van der Waals surface area contributed by atoms with E-state index in [9.17, 15) is 20.5 Å². The van der Waals surface area contributed by atoms with E-state index in [1.54, 1.807) is 0 Å². The molecule has 10 atom stereocenters. The van der Waals surface area contributed by atoms with E-state index in [4.69, 9.17) is 0 Å². The number of hydrogen-bond donors (Lipinski definition) is 4. The van der Waals surface area contributed by atoms with E-state index in [0.29, 0.717) is 29.6 Å². The molecule has 0 radical (unpaired) electrons. The Morgan fingerprint density at radius 3 is 2.23 bits per heavy atom. The molecule has 198 valence electrons. The topological polar surface area (TPSA) is 93.3 Å². The number of aliphatic hydroxyl groups is 3. The molecule has 0 aromatic heterocycles. The zero-order chi connectivity index (χ0) is 25.4. The lowest BCUT2D eigenvalue weighted by Gasteiger charge is -2.72. The van der Waals surface area contributed by atoms with Crippen LogP contribution >= 0.6 is 0 Å². The van der Waals surface area contributed by atoms with Crippen LogP contribution in [0.2, 0.25) is 0 Å². The zero-order valence-electron chi connectivity index (χ0n) is 22.5. The van der Waals surface area contributed by atoms with Gasteiger partial charge in [-0.2, -0.15) is 0 Å². The Labute approximate surface area is 212 Å². The first kappa shape index (κ1) is 25.7. The summed E-state index contributed by atoms with van der Waals surface area (Å²) in [6.45, 7) is 14.4. The molecule has 5 aliphatic rings. The number of hydrogen-bond acceptors (Lipinski definition) is 5. The number of oxime groups is 1. The summed E-state index contributed by atoms with van der Waals surface area (Å²) in [6, 6.07) is 0. The van der Waals surface area contributed by atoms with E-state index in [1.165, 1.54) is 19.3 Å². The summed E-state index contributed by atoms with van der Waals surface area (Å²) in [5.41, 5.74) is 1.79. The number of aliphatic hydroxyl groups excluding tert-OH is 3. The third-order valence-electron chi connectivity index (χ3n) is 13.7. The van der Waals surface area contributed by atoms with Crippen molar-refractivity contribution >= 4 is 5.71 Å². The molecule has 0 aromatic carbocycles. The van der Waals surface area contributed by atoms with Crippen LogP contribution in [-0.4, -0.2) is 46.1 Å². The first-order valence-electron chi connectivity index (χ1n) is 14.2. The predicted molar refractivity (Wildman–Crippen MR) is 138 cm³/mol. The highest BCUT2D eigenvalue weighted by molar-refractivity contribution is 5.91. The van der Waals surface area contributed by atoms with Crippen LogP contribution in [0.1, 0.15) is 91.9 Å². The maximum absolute atomic E-state index is 10.7. The molecule has 5 fully saturated rings. The van der Waals surface area contributed by atoms with Crippen molar-refractivity contribution in [1.29, 1.82) is 0 Å². The minimum absolute atomic E-state index is 0.00988.